The van der Waals surface area contributed by atoms with E-state index in [1.807, 2.05) is 13.8 Å². The van der Waals surface area contributed by atoms with Gasteiger partial charge in [0.1, 0.15) is 5.82 Å². The number of benzene rings is 1. The highest BCUT2D eigenvalue weighted by molar-refractivity contribution is 7.99. The van der Waals surface area contributed by atoms with Crippen molar-refractivity contribution in [2.24, 2.45) is 0 Å². The Morgan fingerprint density at radius 2 is 1.97 bits per heavy atom. The number of carbonyl (C=O) groups excluding carboxylic acids is 1. The Morgan fingerprint density at radius 1 is 1.22 bits per heavy atom. The van der Waals surface area contributed by atoms with E-state index in [-0.39, 0.29) is 17.5 Å². The average molecular weight is 479 g/mol. The third-order valence-corrected chi connectivity index (χ3v) is 6.61. The summed E-state index contributed by atoms with van der Waals surface area (Å²) < 4.78 is 15.9. The Labute approximate surface area is 196 Å². The second-order valence-corrected chi connectivity index (χ2v) is 8.76. The van der Waals surface area contributed by atoms with Crippen LogP contribution in [-0.2, 0) is 11.2 Å². The van der Waals surface area contributed by atoms with E-state index < -0.39 is 0 Å². The number of carbonyl (C=O) groups is 1. The molecule has 0 aliphatic rings. The molecule has 172 valence electrons. The first-order valence-corrected chi connectivity index (χ1v) is 12.0. The Balaban J connectivity index is 1.70. The Bertz CT molecular complexity index is 1080. The highest BCUT2D eigenvalue weighted by Gasteiger charge is 2.17. The largest absolute Gasteiger partial charge is 0.354 e. The van der Waals surface area contributed by atoms with Gasteiger partial charge in [-0.2, -0.15) is 4.98 Å². The van der Waals surface area contributed by atoms with Crippen molar-refractivity contribution in [3.63, 3.8) is 0 Å². The minimum atomic E-state index is -0.349. The third-order valence-electron chi connectivity index (χ3n) is 5.42. The molecule has 1 N–H and O–H groups in total. The Kier molecular flexibility index (Phi) is 8.44. The average Bonchev–Trinajstić information content (AvgIpc) is 3.17. The van der Waals surface area contributed by atoms with Crippen LogP contribution in [0.15, 0.2) is 23.4 Å². The molecular formula is C22H28ClFN6OS. The van der Waals surface area contributed by atoms with Crippen molar-refractivity contribution in [2.45, 2.75) is 39.3 Å². The fourth-order valence-electron chi connectivity index (χ4n) is 3.46. The molecule has 32 heavy (non-hydrogen) atoms. The van der Waals surface area contributed by atoms with Crippen LogP contribution in [0.1, 0.15) is 36.4 Å². The number of rotatable bonds is 10. The van der Waals surface area contributed by atoms with Crippen molar-refractivity contribution in [3.8, 4) is 0 Å². The summed E-state index contributed by atoms with van der Waals surface area (Å²) in [5.74, 6) is 0.271. The molecule has 2 heterocycles. The monoisotopic (exact) mass is 478 g/mol. The summed E-state index contributed by atoms with van der Waals surface area (Å²) in [4.78, 5) is 23.4. The third kappa shape index (κ3) is 5.76. The molecule has 0 bridgehead atoms. The molecule has 0 aliphatic carbocycles. The van der Waals surface area contributed by atoms with Crippen molar-refractivity contribution < 1.29 is 9.18 Å². The minimum absolute atomic E-state index is 0.0586. The van der Waals surface area contributed by atoms with Gasteiger partial charge in [-0.3, -0.25) is 4.79 Å². The van der Waals surface area contributed by atoms with E-state index in [9.17, 15) is 9.18 Å². The number of thioether (sulfide) groups is 1. The van der Waals surface area contributed by atoms with E-state index in [0.717, 1.165) is 36.6 Å². The number of nitrogens with zero attached hydrogens (tertiary/aromatic N) is 5. The van der Waals surface area contributed by atoms with Gasteiger partial charge >= 0.3 is 0 Å². The van der Waals surface area contributed by atoms with Crippen LogP contribution in [0.2, 0.25) is 5.02 Å². The molecule has 0 unspecified atom stereocenters. The van der Waals surface area contributed by atoms with Gasteiger partial charge in [-0.25, -0.2) is 13.9 Å². The lowest BCUT2D eigenvalue weighted by molar-refractivity contribution is -0.118. The van der Waals surface area contributed by atoms with E-state index in [1.54, 1.807) is 16.6 Å². The number of hydrogen-bond donors (Lipinski definition) is 1. The van der Waals surface area contributed by atoms with Gasteiger partial charge < -0.3 is 10.2 Å². The van der Waals surface area contributed by atoms with Crippen LogP contribution >= 0.6 is 23.4 Å². The first kappa shape index (κ1) is 24.4. The normalized spacial score (nSPS) is 11.5. The summed E-state index contributed by atoms with van der Waals surface area (Å²) in [7, 11) is 0. The highest BCUT2D eigenvalue weighted by atomic mass is 35.5. The highest BCUT2D eigenvalue weighted by Crippen LogP contribution is 2.25. The summed E-state index contributed by atoms with van der Waals surface area (Å²) >= 11 is 7.47. The van der Waals surface area contributed by atoms with E-state index in [1.165, 1.54) is 17.8 Å². The molecule has 7 nitrogen and oxygen atoms in total. The maximum absolute atomic E-state index is 14.3. The topological polar surface area (TPSA) is 75.4 Å². The van der Waals surface area contributed by atoms with Gasteiger partial charge in [-0.05, 0) is 44.6 Å². The molecule has 1 amide bonds. The van der Waals surface area contributed by atoms with Crippen molar-refractivity contribution in [2.75, 3.05) is 31.9 Å². The van der Waals surface area contributed by atoms with Gasteiger partial charge in [0.15, 0.2) is 0 Å². The molecule has 10 heteroatoms. The van der Waals surface area contributed by atoms with Crippen molar-refractivity contribution in [1.29, 1.82) is 0 Å². The summed E-state index contributed by atoms with van der Waals surface area (Å²) in [5, 5.41) is 8.28. The molecule has 0 saturated carbocycles. The second kappa shape index (κ2) is 11.1. The fraction of sp³-hybridized carbons (Fsp3) is 0.455. The zero-order valence-corrected chi connectivity index (χ0v) is 20.4. The van der Waals surface area contributed by atoms with Crippen LogP contribution in [0.25, 0.3) is 5.78 Å². The number of halogens is 2. The lowest BCUT2D eigenvalue weighted by Crippen LogP contribution is -2.35. The molecule has 3 aromatic rings. The van der Waals surface area contributed by atoms with Crippen molar-refractivity contribution >= 4 is 35.0 Å². The SMILES string of the molecule is CCN(CC)CCNC(=O)CSc1nc2nc(C)c(Cc3c(F)cccc3Cl)c(C)n2n1. The van der Waals surface area contributed by atoms with E-state index in [4.69, 9.17) is 11.6 Å². The summed E-state index contributed by atoms with van der Waals surface area (Å²) in [6.07, 6.45) is 0.309. The maximum Gasteiger partial charge on any atom is 0.253 e. The molecule has 0 spiro atoms. The van der Waals surface area contributed by atoms with Crippen LogP contribution in [0.3, 0.4) is 0 Å². The summed E-state index contributed by atoms with van der Waals surface area (Å²) in [5.41, 5.74) is 2.83. The van der Waals surface area contributed by atoms with Gasteiger partial charge in [0.25, 0.3) is 5.78 Å². The van der Waals surface area contributed by atoms with Gasteiger partial charge in [-0.15, -0.1) is 5.10 Å². The second-order valence-electron chi connectivity index (χ2n) is 7.41. The fourth-order valence-corrected chi connectivity index (χ4v) is 4.34. The minimum Gasteiger partial charge on any atom is -0.354 e. The number of amides is 1. The van der Waals surface area contributed by atoms with Crippen LogP contribution < -0.4 is 5.32 Å². The number of hydrogen-bond acceptors (Lipinski definition) is 6. The summed E-state index contributed by atoms with van der Waals surface area (Å²) in [6, 6.07) is 4.66. The van der Waals surface area contributed by atoms with Crippen molar-refractivity contribution in [1.82, 2.24) is 29.8 Å². The van der Waals surface area contributed by atoms with Crippen LogP contribution in [0.4, 0.5) is 4.39 Å². The molecule has 2 aromatic heterocycles. The van der Waals surface area contributed by atoms with Gasteiger partial charge in [0, 0.05) is 41.5 Å². The number of aromatic nitrogens is 4. The number of nitrogens with one attached hydrogen (secondary N) is 1. The standard InChI is InChI=1S/C22H28ClFN6OS/c1-5-29(6-2)11-10-25-20(31)13-32-22-27-21-26-14(3)16(15(4)30(21)28-22)12-17-18(23)8-7-9-19(17)24/h7-9H,5-6,10-13H2,1-4H3,(H,25,31). The van der Waals surface area contributed by atoms with E-state index >= 15 is 0 Å². The van der Waals surface area contributed by atoms with Crippen molar-refractivity contribution in [3.05, 3.63) is 51.6 Å². The zero-order chi connectivity index (χ0) is 23.3. The Hall–Kier alpha value is -2.23. The molecular weight excluding hydrogens is 451 g/mol. The number of likely N-dealkylation sites (N-methyl/N-ethyl adjacent to an activating group) is 1. The molecule has 0 aliphatic heterocycles. The zero-order valence-electron chi connectivity index (χ0n) is 18.8. The molecule has 0 fully saturated rings. The van der Waals surface area contributed by atoms with E-state index in [2.05, 4.69) is 39.1 Å². The van der Waals surface area contributed by atoms with Gasteiger partial charge in [0.05, 0.1) is 5.75 Å². The van der Waals surface area contributed by atoms with Crippen LogP contribution in [0.5, 0.6) is 0 Å². The maximum atomic E-state index is 14.3. The quantitative estimate of drug-likeness (QED) is 0.448. The molecule has 0 saturated heterocycles. The van der Waals surface area contributed by atoms with Gasteiger partial charge in [0.2, 0.25) is 11.1 Å². The summed E-state index contributed by atoms with van der Waals surface area (Å²) in [6.45, 7) is 11.3. The lowest BCUT2D eigenvalue weighted by atomic mass is 10.0. The van der Waals surface area contributed by atoms with Crippen LogP contribution in [-0.4, -0.2) is 62.3 Å². The number of fused-ring (bicyclic) bond motifs is 1. The van der Waals surface area contributed by atoms with Crippen LogP contribution in [0, 0.1) is 19.7 Å². The van der Waals surface area contributed by atoms with Gasteiger partial charge in [-0.1, -0.05) is 43.3 Å². The predicted octanol–water partition coefficient (Wildman–Crippen LogP) is 3.67. The Morgan fingerprint density at radius 3 is 2.66 bits per heavy atom. The van der Waals surface area contributed by atoms with E-state index in [0.29, 0.717) is 34.5 Å². The first-order chi connectivity index (χ1) is 15.3. The molecule has 1 aromatic carbocycles. The molecule has 3 rings (SSSR count). The predicted molar refractivity (Wildman–Crippen MR) is 126 cm³/mol. The smallest absolute Gasteiger partial charge is 0.253 e. The molecule has 0 radical (unpaired) electrons. The number of aryl methyl sites for hydroxylation is 2. The first-order valence-electron chi connectivity index (χ1n) is 10.6. The lowest BCUT2D eigenvalue weighted by Gasteiger charge is -2.17. The molecule has 0 atom stereocenters.